The van der Waals surface area contributed by atoms with Gasteiger partial charge in [-0.25, -0.2) is 0 Å². The van der Waals surface area contributed by atoms with Crippen LogP contribution in [0.4, 0.5) is 0 Å². The molecule has 3 rings (SSSR count). The molecule has 3 N–H and O–H groups in total. The molecule has 2 saturated carbocycles. The molecule has 2 atom stereocenters. The standard InChI is InChI=1S/C16H26N4O/c1-4-14-10(2)19-20(11(14)3)13-7-8-16(9-13,15(17)21)18-12-5-6-12/h12-13,18H,4-9H2,1-3H3,(H2,17,21). The van der Waals surface area contributed by atoms with Crippen LogP contribution in [-0.2, 0) is 11.2 Å². The SMILES string of the molecule is CCc1c(C)nn(C2CCC(NC3CC3)(C(N)=O)C2)c1C. The molecule has 21 heavy (non-hydrogen) atoms. The van der Waals surface area contributed by atoms with Gasteiger partial charge in [0, 0.05) is 11.7 Å². The van der Waals surface area contributed by atoms with Crippen molar-refractivity contribution >= 4 is 5.91 Å². The molecule has 0 radical (unpaired) electrons. The molecule has 5 heteroatoms. The van der Waals surface area contributed by atoms with Gasteiger partial charge in [-0.1, -0.05) is 6.92 Å². The van der Waals surface area contributed by atoms with Crippen molar-refractivity contribution in [2.75, 3.05) is 0 Å². The first-order valence-electron chi connectivity index (χ1n) is 8.09. The van der Waals surface area contributed by atoms with Gasteiger partial charge in [-0.3, -0.25) is 9.48 Å². The average molecular weight is 290 g/mol. The van der Waals surface area contributed by atoms with Gasteiger partial charge in [0.25, 0.3) is 0 Å². The summed E-state index contributed by atoms with van der Waals surface area (Å²) in [7, 11) is 0. The number of nitrogens with zero attached hydrogens (tertiary/aromatic N) is 2. The molecule has 2 aliphatic carbocycles. The monoisotopic (exact) mass is 290 g/mol. The van der Waals surface area contributed by atoms with Crippen LogP contribution in [0.2, 0.25) is 0 Å². The summed E-state index contributed by atoms with van der Waals surface area (Å²) in [6, 6.07) is 0.769. The van der Waals surface area contributed by atoms with Gasteiger partial charge in [0.1, 0.15) is 0 Å². The van der Waals surface area contributed by atoms with E-state index >= 15 is 0 Å². The Balaban J connectivity index is 1.83. The number of hydrogen-bond acceptors (Lipinski definition) is 3. The number of carbonyl (C=O) groups is 1. The van der Waals surface area contributed by atoms with Crippen molar-refractivity contribution < 1.29 is 4.79 Å². The number of primary amides is 1. The fourth-order valence-electron chi connectivity index (χ4n) is 3.84. The van der Waals surface area contributed by atoms with Crippen molar-refractivity contribution in [3.05, 3.63) is 17.0 Å². The van der Waals surface area contributed by atoms with Crippen LogP contribution in [0.15, 0.2) is 0 Å². The molecule has 2 fully saturated rings. The molecule has 1 amide bonds. The Bertz CT molecular complexity index is 561. The second-order valence-corrected chi connectivity index (χ2v) is 6.71. The molecule has 2 unspecified atom stereocenters. The van der Waals surface area contributed by atoms with Gasteiger partial charge in [0.15, 0.2) is 0 Å². The lowest BCUT2D eigenvalue weighted by Gasteiger charge is -2.27. The number of rotatable bonds is 5. The van der Waals surface area contributed by atoms with E-state index in [-0.39, 0.29) is 11.9 Å². The maximum atomic E-state index is 12.0. The summed E-state index contributed by atoms with van der Waals surface area (Å²) in [5.74, 6) is -0.200. The molecular formula is C16H26N4O. The van der Waals surface area contributed by atoms with Crippen molar-refractivity contribution in [3.8, 4) is 0 Å². The second kappa shape index (κ2) is 5.13. The topological polar surface area (TPSA) is 72.9 Å². The van der Waals surface area contributed by atoms with Crippen LogP contribution in [0, 0.1) is 13.8 Å². The highest BCUT2D eigenvalue weighted by Gasteiger charge is 2.47. The lowest BCUT2D eigenvalue weighted by molar-refractivity contribution is -0.124. The molecule has 0 saturated heterocycles. The minimum Gasteiger partial charge on any atom is -0.368 e. The van der Waals surface area contributed by atoms with Crippen molar-refractivity contribution in [2.45, 2.75) is 76.9 Å². The van der Waals surface area contributed by atoms with E-state index in [9.17, 15) is 4.79 Å². The summed E-state index contributed by atoms with van der Waals surface area (Å²) in [4.78, 5) is 12.0. The summed E-state index contributed by atoms with van der Waals surface area (Å²) in [6.07, 6.45) is 5.89. The number of aromatic nitrogens is 2. The van der Waals surface area contributed by atoms with Gasteiger partial charge < -0.3 is 11.1 Å². The highest BCUT2D eigenvalue weighted by Crippen LogP contribution is 2.40. The van der Waals surface area contributed by atoms with Crippen LogP contribution in [0.1, 0.15) is 62.0 Å². The zero-order valence-corrected chi connectivity index (χ0v) is 13.3. The molecule has 0 aliphatic heterocycles. The lowest BCUT2D eigenvalue weighted by Crippen LogP contribution is -2.54. The molecule has 0 bridgehead atoms. The third-order valence-electron chi connectivity index (χ3n) is 5.19. The Morgan fingerprint density at radius 3 is 2.67 bits per heavy atom. The Morgan fingerprint density at radius 1 is 1.43 bits per heavy atom. The Hall–Kier alpha value is -1.36. The average Bonchev–Trinajstić information content (AvgIpc) is 3.05. The molecule has 1 aromatic rings. The minimum absolute atomic E-state index is 0.200. The highest BCUT2D eigenvalue weighted by molar-refractivity contribution is 5.85. The van der Waals surface area contributed by atoms with Crippen molar-refractivity contribution in [1.82, 2.24) is 15.1 Å². The smallest absolute Gasteiger partial charge is 0.237 e. The van der Waals surface area contributed by atoms with Crippen LogP contribution in [0.25, 0.3) is 0 Å². The fourth-order valence-corrected chi connectivity index (χ4v) is 3.84. The normalized spacial score (nSPS) is 29.0. The van der Waals surface area contributed by atoms with Crippen LogP contribution in [0.3, 0.4) is 0 Å². The van der Waals surface area contributed by atoms with Gasteiger partial charge in [0.2, 0.25) is 5.91 Å². The Morgan fingerprint density at radius 2 is 2.14 bits per heavy atom. The molecule has 0 spiro atoms. The maximum Gasteiger partial charge on any atom is 0.237 e. The predicted molar refractivity (Wildman–Crippen MR) is 82.1 cm³/mol. The minimum atomic E-state index is -0.523. The Labute approximate surface area is 126 Å². The molecule has 0 aromatic carbocycles. The number of nitrogens with one attached hydrogen (secondary N) is 1. The zero-order valence-electron chi connectivity index (χ0n) is 13.3. The van der Waals surface area contributed by atoms with E-state index in [4.69, 9.17) is 10.8 Å². The van der Waals surface area contributed by atoms with Crippen LogP contribution < -0.4 is 11.1 Å². The van der Waals surface area contributed by atoms with E-state index in [0.717, 1.165) is 31.4 Å². The maximum absolute atomic E-state index is 12.0. The quantitative estimate of drug-likeness (QED) is 0.868. The summed E-state index contributed by atoms with van der Waals surface area (Å²) < 4.78 is 2.13. The van der Waals surface area contributed by atoms with E-state index in [2.05, 4.69) is 30.8 Å². The lowest BCUT2D eigenvalue weighted by atomic mass is 9.96. The number of aryl methyl sites for hydroxylation is 1. The largest absolute Gasteiger partial charge is 0.368 e. The number of carbonyl (C=O) groups excluding carboxylic acids is 1. The van der Waals surface area contributed by atoms with Crippen LogP contribution in [-0.4, -0.2) is 27.3 Å². The zero-order chi connectivity index (χ0) is 15.2. The summed E-state index contributed by atoms with van der Waals surface area (Å²) in [5.41, 5.74) is 8.88. The summed E-state index contributed by atoms with van der Waals surface area (Å²) >= 11 is 0. The van der Waals surface area contributed by atoms with Crippen molar-refractivity contribution in [3.63, 3.8) is 0 Å². The number of hydrogen-bond donors (Lipinski definition) is 2. The third-order valence-corrected chi connectivity index (χ3v) is 5.19. The van der Waals surface area contributed by atoms with Gasteiger partial charge in [-0.05, 0) is 57.9 Å². The van der Waals surface area contributed by atoms with E-state index in [0.29, 0.717) is 6.04 Å². The fraction of sp³-hybridized carbons (Fsp3) is 0.750. The molecule has 1 heterocycles. The molecule has 2 aliphatic rings. The molecular weight excluding hydrogens is 264 g/mol. The van der Waals surface area contributed by atoms with Crippen molar-refractivity contribution in [1.29, 1.82) is 0 Å². The summed E-state index contributed by atoms with van der Waals surface area (Å²) in [5, 5.41) is 8.22. The first-order valence-corrected chi connectivity index (χ1v) is 8.09. The Kier molecular flexibility index (Phi) is 3.56. The number of nitrogens with two attached hydrogens (primary N) is 1. The van der Waals surface area contributed by atoms with Crippen LogP contribution in [0.5, 0.6) is 0 Å². The van der Waals surface area contributed by atoms with E-state index in [1.54, 1.807) is 0 Å². The first kappa shape index (κ1) is 14.6. The first-order chi connectivity index (χ1) is 9.97. The predicted octanol–water partition coefficient (Wildman–Crippen LogP) is 1.76. The van der Waals surface area contributed by atoms with E-state index in [1.165, 1.54) is 24.1 Å². The van der Waals surface area contributed by atoms with Crippen molar-refractivity contribution in [2.24, 2.45) is 5.73 Å². The molecule has 116 valence electrons. The molecule has 5 nitrogen and oxygen atoms in total. The number of amides is 1. The van der Waals surface area contributed by atoms with Gasteiger partial charge >= 0.3 is 0 Å². The van der Waals surface area contributed by atoms with Gasteiger partial charge in [-0.2, -0.15) is 5.10 Å². The van der Waals surface area contributed by atoms with E-state index < -0.39 is 5.54 Å². The second-order valence-electron chi connectivity index (χ2n) is 6.71. The highest BCUT2D eigenvalue weighted by atomic mass is 16.1. The van der Waals surface area contributed by atoms with Gasteiger partial charge in [-0.15, -0.1) is 0 Å². The molecule has 1 aromatic heterocycles. The van der Waals surface area contributed by atoms with E-state index in [1.807, 2.05) is 0 Å². The van der Waals surface area contributed by atoms with Gasteiger partial charge in [0.05, 0.1) is 17.3 Å². The summed E-state index contributed by atoms with van der Waals surface area (Å²) in [6.45, 7) is 6.37. The van der Waals surface area contributed by atoms with Crippen LogP contribution >= 0.6 is 0 Å². The third kappa shape index (κ3) is 2.48.